The van der Waals surface area contributed by atoms with E-state index in [1.165, 1.54) is 0 Å². The largest absolute Gasteiger partial charge is 0.507 e. The van der Waals surface area contributed by atoms with Crippen LogP contribution in [-0.4, -0.2) is 10.2 Å². The van der Waals surface area contributed by atoms with Gasteiger partial charge in [0.25, 0.3) is 0 Å². The number of phenols is 1. The molecule has 13 heavy (non-hydrogen) atoms. The lowest BCUT2D eigenvalue weighted by Crippen LogP contribution is -1.94. The first-order chi connectivity index (χ1) is 6.06. The summed E-state index contributed by atoms with van der Waals surface area (Å²) in [6, 6.07) is 3.76. The van der Waals surface area contributed by atoms with Gasteiger partial charge in [-0.15, -0.1) is 0 Å². The number of hydrogen-bond donors (Lipinski definition) is 2. The van der Waals surface area contributed by atoms with Gasteiger partial charge in [-0.25, -0.2) is 0 Å². The zero-order chi connectivity index (χ0) is 10.0. The van der Waals surface area contributed by atoms with E-state index in [1.807, 2.05) is 26.8 Å². The Bertz CT molecular complexity index is 303. The molecule has 2 heteroatoms. The minimum absolute atomic E-state index is 0.104. The highest BCUT2D eigenvalue weighted by Gasteiger charge is 2.10. The first-order valence-electron chi connectivity index (χ1n) is 4.49. The lowest BCUT2D eigenvalue weighted by Gasteiger charge is -2.12. The van der Waals surface area contributed by atoms with Gasteiger partial charge in [0, 0.05) is 5.56 Å². The van der Waals surface area contributed by atoms with Gasteiger partial charge in [0.15, 0.2) is 0 Å². The molecule has 0 aliphatic rings. The van der Waals surface area contributed by atoms with Crippen molar-refractivity contribution in [1.29, 1.82) is 0 Å². The van der Waals surface area contributed by atoms with E-state index in [0.717, 1.165) is 11.1 Å². The van der Waals surface area contributed by atoms with E-state index in [0.29, 0.717) is 5.56 Å². The summed E-state index contributed by atoms with van der Waals surface area (Å²) >= 11 is 0. The molecule has 0 atom stereocenters. The third kappa shape index (κ3) is 2.01. The van der Waals surface area contributed by atoms with E-state index < -0.39 is 0 Å². The van der Waals surface area contributed by atoms with E-state index >= 15 is 0 Å². The third-order valence-electron chi connectivity index (χ3n) is 2.16. The Morgan fingerprint density at radius 1 is 1.31 bits per heavy atom. The van der Waals surface area contributed by atoms with Crippen LogP contribution in [0.1, 0.15) is 36.5 Å². The molecule has 0 saturated carbocycles. The standard InChI is InChI=1S/C11H16O2/c1-7(2)10-5-8(3)4-9(6-12)11(10)13/h4-5,7,12-13H,6H2,1-3H3. The second kappa shape index (κ2) is 3.79. The Morgan fingerprint density at radius 3 is 2.38 bits per heavy atom. The molecule has 0 saturated heterocycles. The van der Waals surface area contributed by atoms with E-state index in [9.17, 15) is 5.11 Å². The van der Waals surface area contributed by atoms with Gasteiger partial charge in [-0.2, -0.15) is 0 Å². The molecule has 72 valence electrons. The second-order valence-corrected chi connectivity index (χ2v) is 3.67. The molecule has 1 rings (SSSR count). The summed E-state index contributed by atoms with van der Waals surface area (Å²) in [6.07, 6.45) is 0. The van der Waals surface area contributed by atoms with Crippen molar-refractivity contribution >= 4 is 0 Å². The summed E-state index contributed by atoms with van der Waals surface area (Å²) in [5.74, 6) is 0.522. The van der Waals surface area contributed by atoms with Crippen LogP contribution >= 0.6 is 0 Å². The maximum absolute atomic E-state index is 9.72. The Balaban J connectivity index is 3.27. The Labute approximate surface area is 78.8 Å². The van der Waals surface area contributed by atoms with Gasteiger partial charge >= 0.3 is 0 Å². The van der Waals surface area contributed by atoms with Gasteiger partial charge in [0.05, 0.1) is 6.61 Å². The van der Waals surface area contributed by atoms with Crippen LogP contribution in [0.3, 0.4) is 0 Å². The van der Waals surface area contributed by atoms with Crippen LogP contribution in [0.25, 0.3) is 0 Å². The normalized spacial score (nSPS) is 10.8. The molecule has 0 aromatic heterocycles. The fourth-order valence-corrected chi connectivity index (χ4v) is 1.44. The van der Waals surface area contributed by atoms with Gasteiger partial charge in [0.1, 0.15) is 5.75 Å². The number of rotatable bonds is 2. The molecule has 0 aliphatic carbocycles. The topological polar surface area (TPSA) is 40.5 Å². The summed E-state index contributed by atoms with van der Waals surface area (Å²) in [4.78, 5) is 0. The van der Waals surface area contributed by atoms with Crippen LogP contribution < -0.4 is 0 Å². The van der Waals surface area contributed by atoms with Crippen LogP contribution in [0.15, 0.2) is 12.1 Å². The van der Waals surface area contributed by atoms with Crippen molar-refractivity contribution in [3.63, 3.8) is 0 Å². The van der Waals surface area contributed by atoms with Crippen molar-refractivity contribution in [3.8, 4) is 5.75 Å². The van der Waals surface area contributed by atoms with E-state index in [1.54, 1.807) is 6.07 Å². The quantitative estimate of drug-likeness (QED) is 0.733. The first-order valence-corrected chi connectivity index (χ1v) is 4.49. The maximum atomic E-state index is 9.72. The molecule has 0 aliphatic heterocycles. The molecule has 0 bridgehead atoms. The number of benzene rings is 1. The summed E-state index contributed by atoms with van der Waals surface area (Å²) < 4.78 is 0. The zero-order valence-electron chi connectivity index (χ0n) is 8.33. The van der Waals surface area contributed by atoms with Crippen molar-refractivity contribution in [2.75, 3.05) is 0 Å². The van der Waals surface area contributed by atoms with Crippen molar-refractivity contribution in [1.82, 2.24) is 0 Å². The lowest BCUT2D eigenvalue weighted by atomic mass is 9.97. The number of hydrogen-bond acceptors (Lipinski definition) is 2. The van der Waals surface area contributed by atoms with E-state index in [4.69, 9.17) is 5.11 Å². The van der Waals surface area contributed by atoms with Gasteiger partial charge < -0.3 is 10.2 Å². The van der Waals surface area contributed by atoms with Crippen molar-refractivity contribution in [2.24, 2.45) is 0 Å². The SMILES string of the molecule is Cc1cc(CO)c(O)c(C(C)C)c1. The highest BCUT2D eigenvalue weighted by molar-refractivity contribution is 5.44. The fraction of sp³-hybridized carbons (Fsp3) is 0.455. The van der Waals surface area contributed by atoms with E-state index in [2.05, 4.69) is 0 Å². The average molecular weight is 180 g/mol. The van der Waals surface area contributed by atoms with Gasteiger partial charge in [-0.05, 0) is 18.4 Å². The Morgan fingerprint density at radius 2 is 1.92 bits per heavy atom. The molecule has 1 aromatic carbocycles. The van der Waals surface area contributed by atoms with Crippen molar-refractivity contribution < 1.29 is 10.2 Å². The first kappa shape index (κ1) is 10.1. The Hall–Kier alpha value is -1.02. The average Bonchev–Trinajstić information content (AvgIpc) is 2.08. The number of aliphatic hydroxyl groups excluding tert-OH is 1. The summed E-state index contributed by atoms with van der Waals surface area (Å²) in [5.41, 5.74) is 2.60. The molecule has 0 unspecified atom stereocenters. The highest BCUT2D eigenvalue weighted by Crippen LogP contribution is 2.30. The van der Waals surface area contributed by atoms with Crippen LogP contribution in [0, 0.1) is 6.92 Å². The summed E-state index contributed by atoms with van der Waals surface area (Å²) in [5, 5.41) is 18.7. The molecular weight excluding hydrogens is 164 g/mol. The molecule has 0 radical (unpaired) electrons. The molecule has 1 aromatic rings. The highest BCUT2D eigenvalue weighted by atomic mass is 16.3. The third-order valence-corrected chi connectivity index (χ3v) is 2.16. The van der Waals surface area contributed by atoms with Crippen molar-refractivity contribution in [3.05, 3.63) is 28.8 Å². The molecule has 2 N–H and O–H groups in total. The van der Waals surface area contributed by atoms with Gasteiger partial charge in [-0.3, -0.25) is 0 Å². The number of aryl methyl sites for hydroxylation is 1. The van der Waals surface area contributed by atoms with Gasteiger partial charge in [0.2, 0.25) is 0 Å². The molecule has 0 heterocycles. The van der Waals surface area contributed by atoms with Crippen LogP contribution in [0.2, 0.25) is 0 Å². The zero-order valence-corrected chi connectivity index (χ0v) is 8.33. The second-order valence-electron chi connectivity index (χ2n) is 3.67. The molecule has 0 spiro atoms. The smallest absolute Gasteiger partial charge is 0.124 e. The van der Waals surface area contributed by atoms with Crippen LogP contribution in [0.4, 0.5) is 0 Å². The number of aromatic hydroxyl groups is 1. The minimum Gasteiger partial charge on any atom is -0.507 e. The van der Waals surface area contributed by atoms with Crippen LogP contribution in [0.5, 0.6) is 5.75 Å². The predicted octanol–water partition coefficient (Wildman–Crippen LogP) is 2.32. The molecule has 2 nitrogen and oxygen atoms in total. The molecular formula is C11H16O2. The van der Waals surface area contributed by atoms with Crippen LogP contribution in [-0.2, 0) is 6.61 Å². The predicted molar refractivity (Wildman–Crippen MR) is 52.9 cm³/mol. The monoisotopic (exact) mass is 180 g/mol. The maximum Gasteiger partial charge on any atom is 0.124 e. The van der Waals surface area contributed by atoms with Crippen molar-refractivity contribution in [2.45, 2.75) is 33.3 Å². The fourth-order valence-electron chi connectivity index (χ4n) is 1.44. The summed E-state index contributed by atoms with van der Waals surface area (Å²) in [7, 11) is 0. The minimum atomic E-state index is -0.104. The summed E-state index contributed by atoms with van der Waals surface area (Å²) in [6.45, 7) is 5.91. The lowest BCUT2D eigenvalue weighted by molar-refractivity contribution is 0.275. The number of aliphatic hydroxyl groups is 1. The molecule has 0 fully saturated rings. The Kier molecular flexibility index (Phi) is 2.94. The van der Waals surface area contributed by atoms with E-state index in [-0.39, 0.29) is 18.3 Å². The molecule has 0 amide bonds. The van der Waals surface area contributed by atoms with Gasteiger partial charge in [-0.1, -0.05) is 31.5 Å².